The Kier molecular flexibility index (Phi) is 5.54. The molecule has 1 fully saturated rings. The topological polar surface area (TPSA) is 110 Å². The summed E-state index contributed by atoms with van der Waals surface area (Å²) in [6.45, 7) is 6.88. The molecule has 4 N–H and O–H groups in total. The average molecular weight is 320 g/mol. The first-order valence-corrected chi connectivity index (χ1v) is 7.88. The van der Waals surface area contributed by atoms with Crippen LogP contribution in [0.2, 0.25) is 0 Å². The van der Waals surface area contributed by atoms with Crippen molar-refractivity contribution in [2.24, 2.45) is 5.73 Å². The minimum atomic E-state index is -0.578. The molecular formula is C16H24N4O3. The first kappa shape index (κ1) is 17.2. The van der Waals surface area contributed by atoms with E-state index in [9.17, 15) is 9.59 Å². The van der Waals surface area contributed by atoms with E-state index in [4.69, 9.17) is 10.5 Å². The molecule has 0 atom stereocenters. The number of aromatic nitrogens is 2. The van der Waals surface area contributed by atoms with Crippen molar-refractivity contribution in [3.05, 3.63) is 33.6 Å². The molecule has 0 unspecified atom stereocenters. The summed E-state index contributed by atoms with van der Waals surface area (Å²) in [5.74, 6) is -0.194. The highest BCUT2D eigenvalue weighted by Crippen LogP contribution is 2.24. The quantitative estimate of drug-likeness (QED) is 0.561. The van der Waals surface area contributed by atoms with Crippen LogP contribution in [0.4, 0.5) is 0 Å². The van der Waals surface area contributed by atoms with Crippen LogP contribution < -0.4 is 16.6 Å². The standard InChI is InChI=1S/C16H24N4O3/c1-9(2)23-16(22)14(10(3)17)15-19-12(8-13(21)20-15)11-4-6-18-7-5-11/h8-9,11,18H,4-7,17H2,1-3H3,(H,19,20,21). The Bertz CT molecular complexity index is 654. The van der Waals surface area contributed by atoms with Gasteiger partial charge >= 0.3 is 5.97 Å². The van der Waals surface area contributed by atoms with E-state index in [0.717, 1.165) is 25.9 Å². The second-order valence-electron chi connectivity index (χ2n) is 6.06. The highest BCUT2D eigenvalue weighted by Gasteiger charge is 2.23. The number of nitrogens with zero attached hydrogens (tertiary/aromatic N) is 1. The van der Waals surface area contributed by atoms with Gasteiger partial charge in [0.1, 0.15) is 11.4 Å². The summed E-state index contributed by atoms with van der Waals surface area (Å²) in [6.07, 6.45) is 1.54. The molecule has 1 aromatic rings. The van der Waals surface area contributed by atoms with E-state index in [-0.39, 0.29) is 34.7 Å². The summed E-state index contributed by atoms with van der Waals surface area (Å²) in [6, 6.07) is 1.50. The molecule has 2 heterocycles. The molecule has 0 amide bonds. The van der Waals surface area contributed by atoms with Crippen LogP contribution in [0.5, 0.6) is 0 Å². The molecule has 0 radical (unpaired) electrons. The fraction of sp³-hybridized carbons (Fsp3) is 0.562. The Labute approximate surface area is 135 Å². The van der Waals surface area contributed by atoms with Crippen LogP contribution in [0.1, 0.15) is 51.0 Å². The first-order valence-electron chi connectivity index (χ1n) is 7.88. The van der Waals surface area contributed by atoms with Gasteiger partial charge in [-0.15, -0.1) is 0 Å². The Balaban J connectivity index is 2.40. The molecule has 0 aliphatic carbocycles. The van der Waals surface area contributed by atoms with Crippen LogP contribution in [-0.2, 0) is 9.53 Å². The zero-order valence-corrected chi connectivity index (χ0v) is 13.8. The highest BCUT2D eigenvalue weighted by atomic mass is 16.5. The van der Waals surface area contributed by atoms with Gasteiger partial charge in [-0.3, -0.25) is 4.79 Å². The van der Waals surface area contributed by atoms with Crippen molar-refractivity contribution >= 4 is 11.5 Å². The molecule has 2 rings (SSSR count). The van der Waals surface area contributed by atoms with Crippen molar-refractivity contribution < 1.29 is 9.53 Å². The second-order valence-corrected chi connectivity index (χ2v) is 6.06. The van der Waals surface area contributed by atoms with Crippen molar-refractivity contribution in [3.8, 4) is 0 Å². The predicted molar refractivity (Wildman–Crippen MR) is 87.7 cm³/mol. The fourth-order valence-corrected chi connectivity index (χ4v) is 2.64. The maximum absolute atomic E-state index is 12.3. The average Bonchev–Trinajstić information content (AvgIpc) is 2.46. The summed E-state index contributed by atoms with van der Waals surface area (Å²) in [5, 5.41) is 3.28. The number of aromatic amines is 1. The summed E-state index contributed by atoms with van der Waals surface area (Å²) in [7, 11) is 0. The Morgan fingerprint density at radius 2 is 2.04 bits per heavy atom. The molecule has 1 saturated heterocycles. The summed E-state index contributed by atoms with van der Waals surface area (Å²) < 4.78 is 5.20. The monoisotopic (exact) mass is 320 g/mol. The maximum atomic E-state index is 12.3. The SMILES string of the molecule is CC(N)=C(C(=O)OC(C)C)c1nc(C2CCNCC2)cc(=O)[nH]1. The lowest BCUT2D eigenvalue weighted by Crippen LogP contribution is -2.28. The van der Waals surface area contributed by atoms with E-state index in [1.165, 1.54) is 6.07 Å². The minimum absolute atomic E-state index is 0.117. The molecule has 126 valence electrons. The molecule has 1 aliphatic heterocycles. The van der Waals surface area contributed by atoms with E-state index in [1.54, 1.807) is 20.8 Å². The van der Waals surface area contributed by atoms with Gasteiger partial charge in [-0.05, 0) is 46.7 Å². The zero-order chi connectivity index (χ0) is 17.0. The van der Waals surface area contributed by atoms with Crippen LogP contribution in [0.15, 0.2) is 16.6 Å². The molecule has 23 heavy (non-hydrogen) atoms. The van der Waals surface area contributed by atoms with Gasteiger partial charge in [-0.2, -0.15) is 0 Å². The third-order valence-corrected chi connectivity index (χ3v) is 3.70. The number of piperidine rings is 1. The van der Waals surface area contributed by atoms with E-state index >= 15 is 0 Å². The van der Waals surface area contributed by atoms with Gasteiger partial charge in [0.2, 0.25) is 0 Å². The molecule has 7 nitrogen and oxygen atoms in total. The number of esters is 1. The first-order chi connectivity index (χ1) is 10.9. The van der Waals surface area contributed by atoms with Gasteiger partial charge < -0.3 is 20.8 Å². The smallest absolute Gasteiger partial charge is 0.343 e. The summed E-state index contributed by atoms with van der Waals surface area (Å²) in [5.41, 5.74) is 6.62. The van der Waals surface area contributed by atoms with E-state index in [1.807, 2.05) is 0 Å². The highest BCUT2D eigenvalue weighted by molar-refractivity contribution is 6.16. The van der Waals surface area contributed by atoms with Gasteiger partial charge in [-0.1, -0.05) is 0 Å². The number of rotatable bonds is 4. The molecule has 0 bridgehead atoms. The molecule has 0 aromatic carbocycles. The number of nitrogens with two attached hydrogens (primary N) is 1. The summed E-state index contributed by atoms with van der Waals surface area (Å²) in [4.78, 5) is 31.3. The van der Waals surface area contributed by atoms with Gasteiger partial charge in [0, 0.05) is 17.7 Å². The Morgan fingerprint density at radius 1 is 1.39 bits per heavy atom. The maximum Gasteiger partial charge on any atom is 0.343 e. The number of nitrogens with one attached hydrogen (secondary N) is 2. The van der Waals surface area contributed by atoms with Crippen molar-refractivity contribution in [2.75, 3.05) is 13.1 Å². The van der Waals surface area contributed by atoms with Crippen LogP contribution in [-0.4, -0.2) is 35.1 Å². The number of carbonyl (C=O) groups excluding carboxylic acids is 1. The normalized spacial score (nSPS) is 17.0. The third kappa shape index (κ3) is 4.41. The van der Waals surface area contributed by atoms with E-state index in [0.29, 0.717) is 5.69 Å². The number of hydrogen-bond acceptors (Lipinski definition) is 6. The largest absolute Gasteiger partial charge is 0.459 e. The number of ether oxygens (including phenoxy) is 1. The number of hydrogen-bond donors (Lipinski definition) is 3. The minimum Gasteiger partial charge on any atom is -0.459 e. The second kappa shape index (κ2) is 7.41. The lowest BCUT2D eigenvalue weighted by molar-refractivity contribution is -0.140. The Hall–Kier alpha value is -2.15. The van der Waals surface area contributed by atoms with Crippen molar-refractivity contribution in [1.29, 1.82) is 0 Å². The van der Waals surface area contributed by atoms with Crippen LogP contribution >= 0.6 is 0 Å². The molecule has 1 aromatic heterocycles. The molecule has 1 aliphatic rings. The Morgan fingerprint density at radius 3 is 2.61 bits per heavy atom. The molecule has 0 spiro atoms. The zero-order valence-electron chi connectivity index (χ0n) is 13.8. The summed E-state index contributed by atoms with van der Waals surface area (Å²) >= 11 is 0. The van der Waals surface area contributed by atoms with Crippen LogP contribution in [0, 0.1) is 0 Å². The molecule has 7 heteroatoms. The van der Waals surface area contributed by atoms with Crippen molar-refractivity contribution in [3.63, 3.8) is 0 Å². The van der Waals surface area contributed by atoms with Gasteiger partial charge in [-0.25, -0.2) is 9.78 Å². The number of allylic oxidation sites excluding steroid dienone is 1. The third-order valence-electron chi connectivity index (χ3n) is 3.70. The van der Waals surface area contributed by atoms with Crippen LogP contribution in [0.3, 0.4) is 0 Å². The fourth-order valence-electron chi connectivity index (χ4n) is 2.64. The molecule has 0 saturated carbocycles. The number of H-pyrrole nitrogens is 1. The number of carbonyl (C=O) groups is 1. The van der Waals surface area contributed by atoms with Gasteiger partial charge in [0.05, 0.1) is 11.8 Å². The van der Waals surface area contributed by atoms with Gasteiger partial charge in [0.25, 0.3) is 5.56 Å². The lowest BCUT2D eigenvalue weighted by Gasteiger charge is -2.22. The molecular weight excluding hydrogens is 296 g/mol. The van der Waals surface area contributed by atoms with E-state index in [2.05, 4.69) is 15.3 Å². The van der Waals surface area contributed by atoms with Gasteiger partial charge in [0.15, 0.2) is 0 Å². The van der Waals surface area contributed by atoms with E-state index < -0.39 is 5.97 Å². The van der Waals surface area contributed by atoms with Crippen molar-refractivity contribution in [2.45, 2.75) is 45.6 Å². The van der Waals surface area contributed by atoms with Crippen molar-refractivity contribution in [1.82, 2.24) is 15.3 Å². The van der Waals surface area contributed by atoms with Crippen LogP contribution in [0.25, 0.3) is 5.57 Å². The predicted octanol–water partition coefficient (Wildman–Crippen LogP) is 0.878. The lowest BCUT2D eigenvalue weighted by atomic mass is 9.94.